The first-order valence-corrected chi connectivity index (χ1v) is 9.71. The van der Waals surface area contributed by atoms with Crippen LogP contribution in [0.1, 0.15) is 26.3 Å². The molecule has 0 heterocycles. The Hall–Kier alpha value is -2.86. The molecule has 2 rings (SSSR count). The summed E-state index contributed by atoms with van der Waals surface area (Å²) in [5.41, 5.74) is 2.75. The van der Waals surface area contributed by atoms with Crippen molar-refractivity contribution in [2.75, 3.05) is 20.2 Å². The largest absolute Gasteiger partial charge is 0.468 e. The van der Waals surface area contributed by atoms with Crippen LogP contribution in [0.5, 0.6) is 0 Å². The number of hydrogen-bond acceptors (Lipinski definition) is 5. The third kappa shape index (κ3) is 7.95. The molecule has 0 aliphatic carbocycles. The van der Waals surface area contributed by atoms with Crippen molar-refractivity contribution in [2.45, 2.75) is 38.8 Å². The van der Waals surface area contributed by atoms with E-state index in [4.69, 9.17) is 9.47 Å². The third-order valence-electron chi connectivity index (χ3n) is 4.17. The van der Waals surface area contributed by atoms with E-state index in [0.717, 1.165) is 16.7 Å². The maximum absolute atomic E-state index is 12.1. The zero-order valence-corrected chi connectivity index (χ0v) is 17.5. The zero-order valence-electron chi connectivity index (χ0n) is 17.5. The van der Waals surface area contributed by atoms with Crippen molar-refractivity contribution in [3.63, 3.8) is 0 Å². The van der Waals surface area contributed by atoms with E-state index in [1.165, 1.54) is 7.11 Å². The molecule has 156 valence electrons. The Morgan fingerprint density at radius 1 is 0.931 bits per heavy atom. The van der Waals surface area contributed by atoms with Crippen LogP contribution in [0, 0.1) is 0 Å². The Kier molecular flexibility index (Phi) is 8.21. The highest BCUT2D eigenvalue weighted by atomic mass is 16.6. The molecular weight excluding hydrogens is 368 g/mol. The van der Waals surface area contributed by atoms with E-state index in [9.17, 15) is 9.59 Å². The zero-order chi connectivity index (χ0) is 21.3. The predicted molar refractivity (Wildman–Crippen MR) is 114 cm³/mol. The monoisotopic (exact) mass is 398 g/mol. The summed E-state index contributed by atoms with van der Waals surface area (Å²) < 4.78 is 10.1. The van der Waals surface area contributed by atoms with Gasteiger partial charge in [0.05, 0.1) is 7.11 Å². The fourth-order valence-electron chi connectivity index (χ4n) is 2.81. The van der Waals surface area contributed by atoms with Crippen molar-refractivity contribution in [1.29, 1.82) is 0 Å². The van der Waals surface area contributed by atoms with E-state index >= 15 is 0 Å². The summed E-state index contributed by atoms with van der Waals surface area (Å²) in [6.45, 7) is 6.18. The second-order valence-corrected chi connectivity index (χ2v) is 7.73. The Morgan fingerprint density at radius 2 is 1.55 bits per heavy atom. The summed E-state index contributed by atoms with van der Waals surface area (Å²) >= 11 is 0. The van der Waals surface area contributed by atoms with Gasteiger partial charge in [-0.15, -0.1) is 0 Å². The van der Waals surface area contributed by atoms with Gasteiger partial charge in [-0.2, -0.15) is 0 Å². The normalized spacial score (nSPS) is 12.1. The SMILES string of the molecule is COC(=O)[C@H](Cc1ccc(-c2ccccc2)cc1)NCCNC(=O)OC(C)(C)C. The van der Waals surface area contributed by atoms with Crippen LogP contribution in [0.15, 0.2) is 54.6 Å². The molecule has 0 aliphatic rings. The minimum Gasteiger partial charge on any atom is -0.468 e. The van der Waals surface area contributed by atoms with Crippen LogP contribution in [0.3, 0.4) is 0 Å². The van der Waals surface area contributed by atoms with Crippen LogP contribution >= 0.6 is 0 Å². The number of carbonyl (C=O) groups is 2. The van der Waals surface area contributed by atoms with Gasteiger partial charge in [0.15, 0.2) is 0 Å². The number of methoxy groups -OCH3 is 1. The van der Waals surface area contributed by atoms with Crippen LogP contribution in [-0.2, 0) is 20.7 Å². The number of carbonyl (C=O) groups excluding carboxylic acids is 2. The molecule has 0 unspecified atom stereocenters. The Balaban J connectivity index is 1.88. The molecule has 1 amide bonds. The average Bonchev–Trinajstić information content (AvgIpc) is 2.69. The molecule has 0 bridgehead atoms. The van der Waals surface area contributed by atoms with Crippen molar-refractivity contribution in [1.82, 2.24) is 10.6 Å². The molecule has 0 radical (unpaired) electrons. The number of alkyl carbamates (subject to hydrolysis) is 1. The average molecular weight is 399 g/mol. The molecule has 6 nitrogen and oxygen atoms in total. The molecule has 0 aliphatic heterocycles. The van der Waals surface area contributed by atoms with Crippen LogP contribution in [0.25, 0.3) is 11.1 Å². The van der Waals surface area contributed by atoms with Crippen LogP contribution < -0.4 is 10.6 Å². The lowest BCUT2D eigenvalue weighted by Crippen LogP contribution is -2.44. The molecular formula is C23H30N2O4. The molecule has 0 saturated heterocycles. The number of hydrogen-bond donors (Lipinski definition) is 2. The van der Waals surface area contributed by atoms with Crippen molar-refractivity contribution in [3.8, 4) is 11.1 Å². The van der Waals surface area contributed by atoms with E-state index in [-0.39, 0.29) is 5.97 Å². The van der Waals surface area contributed by atoms with Crippen molar-refractivity contribution >= 4 is 12.1 Å². The third-order valence-corrected chi connectivity index (χ3v) is 4.17. The molecule has 2 aromatic carbocycles. The van der Waals surface area contributed by atoms with Crippen molar-refractivity contribution in [3.05, 3.63) is 60.2 Å². The summed E-state index contributed by atoms with van der Waals surface area (Å²) in [5.74, 6) is -0.339. The standard InChI is InChI=1S/C23H30N2O4/c1-23(2,3)29-22(27)25-15-14-24-20(21(26)28-4)16-17-10-12-19(13-11-17)18-8-6-5-7-9-18/h5-13,20,24H,14-16H2,1-4H3,(H,25,27)/t20-/m0/s1. The number of benzene rings is 2. The summed E-state index contributed by atoms with van der Waals surface area (Å²) in [7, 11) is 1.37. The smallest absolute Gasteiger partial charge is 0.407 e. The van der Waals surface area contributed by atoms with Gasteiger partial charge in [-0.3, -0.25) is 4.79 Å². The van der Waals surface area contributed by atoms with Gasteiger partial charge in [-0.25, -0.2) is 4.79 Å². The highest BCUT2D eigenvalue weighted by Crippen LogP contribution is 2.19. The number of nitrogens with one attached hydrogen (secondary N) is 2. The highest BCUT2D eigenvalue weighted by Gasteiger charge is 2.20. The Labute approximate surface area is 172 Å². The molecule has 0 aromatic heterocycles. The molecule has 0 saturated carbocycles. The molecule has 0 spiro atoms. The van der Waals surface area contributed by atoms with E-state index < -0.39 is 17.7 Å². The summed E-state index contributed by atoms with van der Waals surface area (Å²) in [5, 5.41) is 5.80. The van der Waals surface area contributed by atoms with Gasteiger partial charge < -0.3 is 20.1 Å². The maximum Gasteiger partial charge on any atom is 0.407 e. The van der Waals surface area contributed by atoms with Gasteiger partial charge in [-0.05, 0) is 43.9 Å². The number of ether oxygens (including phenoxy) is 2. The number of esters is 1. The first-order valence-electron chi connectivity index (χ1n) is 9.71. The van der Waals surface area contributed by atoms with Gasteiger partial charge >= 0.3 is 12.1 Å². The van der Waals surface area contributed by atoms with Crippen molar-refractivity contribution in [2.24, 2.45) is 0 Å². The fourth-order valence-corrected chi connectivity index (χ4v) is 2.81. The summed E-state index contributed by atoms with van der Waals surface area (Å²) in [4.78, 5) is 23.8. The highest BCUT2D eigenvalue weighted by molar-refractivity contribution is 5.76. The first kappa shape index (κ1) is 22.4. The van der Waals surface area contributed by atoms with Crippen LogP contribution in [0.4, 0.5) is 4.79 Å². The Bertz CT molecular complexity index is 783. The van der Waals surface area contributed by atoms with Gasteiger partial charge in [0.1, 0.15) is 11.6 Å². The van der Waals surface area contributed by atoms with Gasteiger partial charge in [0, 0.05) is 13.1 Å². The molecule has 2 N–H and O–H groups in total. The summed E-state index contributed by atoms with van der Waals surface area (Å²) in [6, 6.07) is 17.7. The molecule has 1 atom stereocenters. The fraction of sp³-hybridized carbons (Fsp3) is 0.391. The predicted octanol–water partition coefficient (Wildman–Crippen LogP) is 3.55. The minimum atomic E-state index is -0.544. The molecule has 6 heteroatoms. The van der Waals surface area contributed by atoms with E-state index in [1.54, 1.807) is 20.8 Å². The quantitative estimate of drug-likeness (QED) is 0.525. The van der Waals surface area contributed by atoms with E-state index in [0.29, 0.717) is 19.5 Å². The van der Waals surface area contributed by atoms with E-state index in [2.05, 4.69) is 22.8 Å². The first-order chi connectivity index (χ1) is 13.8. The topological polar surface area (TPSA) is 76.7 Å². The number of amides is 1. The van der Waals surface area contributed by atoms with E-state index in [1.807, 2.05) is 42.5 Å². The van der Waals surface area contributed by atoms with Crippen LogP contribution in [0.2, 0.25) is 0 Å². The second kappa shape index (κ2) is 10.6. The molecule has 0 fully saturated rings. The lowest BCUT2D eigenvalue weighted by molar-refractivity contribution is -0.143. The number of rotatable bonds is 8. The van der Waals surface area contributed by atoms with Crippen molar-refractivity contribution < 1.29 is 19.1 Å². The Morgan fingerprint density at radius 3 is 2.14 bits per heavy atom. The lowest BCUT2D eigenvalue weighted by atomic mass is 10.0. The van der Waals surface area contributed by atoms with Gasteiger partial charge in [0.25, 0.3) is 0 Å². The second-order valence-electron chi connectivity index (χ2n) is 7.73. The lowest BCUT2D eigenvalue weighted by Gasteiger charge is -2.20. The van der Waals surface area contributed by atoms with Gasteiger partial charge in [0.2, 0.25) is 0 Å². The maximum atomic E-state index is 12.1. The molecule has 2 aromatic rings. The minimum absolute atomic E-state index is 0.339. The van der Waals surface area contributed by atoms with Crippen LogP contribution in [-0.4, -0.2) is 43.9 Å². The van der Waals surface area contributed by atoms with Gasteiger partial charge in [-0.1, -0.05) is 54.6 Å². The summed E-state index contributed by atoms with van der Waals surface area (Å²) in [6.07, 6.45) is 0.0131. The molecule has 29 heavy (non-hydrogen) atoms.